The Balaban J connectivity index is 1.85. The molecule has 0 saturated heterocycles. The molecule has 1 atom stereocenters. The molecule has 0 bridgehead atoms. The normalized spacial score (nSPS) is 18.6. The quantitative estimate of drug-likeness (QED) is 0.559. The number of nitrogens with zero attached hydrogens (tertiary/aromatic N) is 3. The third kappa shape index (κ3) is 4.20. The number of hydrogen-bond donors (Lipinski definition) is 4. The van der Waals surface area contributed by atoms with Crippen molar-refractivity contribution in [1.29, 1.82) is 0 Å². The van der Waals surface area contributed by atoms with Crippen molar-refractivity contribution in [3.05, 3.63) is 35.8 Å². The molecule has 2 aromatic rings. The predicted molar refractivity (Wildman–Crippen MR) is 101 cm³/mol. The monoisotopic (exact) mass is 425 g/mol. The van der Waals surface area contributed by atoms with Gasteiger partial charge in [-0.05, 0) is 18.2 Å². The first-order valence-corrected chi connectivity index (χ1v) is 8.53. The zero-order valence-corrected chi connectivity index (χ0v) is 15.7. The number of nitrogens with one attached hydrogen (secondary N) is 2. The van der Waals surface area contributed by atoms with Crippen LogP contribution in [0.5, 0.6) is 11.8 Å². The van der Waals surface area contributed by atoms with Crippen molar-refractivity contribution in [2.75, 3.05) is 31.2 Å². The molecule has 160 valence electrons. The molecule has 1 aromatic carbocycles. The van der Waals surface area contributed by atoms with Crippen LogP contribution >= 0.6 is 0 Å². The molecule has 1 amide bonds. The topological polar surface area (TPSA) is 150 Å². The summed E-state index contributed by atoms with van der Waals surface area (Å²) in [6.07, 6.45) is -2.93. The molecule has 1 aliphatic rings. The lowest BCUT2D eigenvalue weighted by molar-refractivity contribution is 0.0491. The second kappa shape index (κ2) is 8.41. The molecule has 3 rings (SSSR count). The molecule has 13 heteroatoms. The van der Waals surface area contributed by atoms with Gasteiger partial charge in [0, 0.05) is 17.8 Å². The number of benzene rings is 1. The highest BCUT2D eigenvalue weighted by Gasteiger charge is 2.45. The molecule has 6 N–H and O–H groups in total. The van der Waals surface area contributed by atoms with E-state index in [2.05, 4.69) is 25.6 Å². The first kappa shape index (κ1) is 21.1. The number of aromatic nitrogens is 2. The standard InChI is InChI=1S/C17H18F3N7O3/c1-29-12-6-24-14(13(22)26-12)30-16(28)25-8-2-3-10(18)9(4-8)17(15(19)20)7-23-5-11(21)27-17/h2-4,6,15,23H,5,7H2,1H3,(H2,21,27)(H2,22,26)(H,25,28). The third-order valence-corrected chi connectivity index (χ3v) is 4.22. The van der Waals surface area contributed by atoms with E-state index < -0.39 is 29.4 Å². The maximum absolute atomic E-state index is 14.4. The van der Waals surface area contributed by atoms with Gasteiger partial charge in [-0.3, -0.25) is 10.3 Å². The molecular formula is C17H18F3N7O3. The number of carbonyl (C=O) groups is 1. The summed E-state index contributed by atoms with van der Waals surface area (Å²) >= 11 is 0. The lowest BCUT2D eigenvalue weighted by Crippen LogP contribution is -2.51. The van der Waals surface area contributed by atoms with Gasteiger partial charge in [-0.2, -0.15) is 4.98 Å². The van der Waals surface area contributed by atoms with Crippen molar-refractivity contribution >= 4 is 23.4 Å². The summed E-state index contributed by atoms with van der Waals surface area (Å²) in [6.45, 7) is -0.237. The highest BCUT2D eigenvalue weighted by Crippen LogP contribution is 2.36. The lowest BCUT2D eigenvalue weighted by atomic mass is 9.88. The van der Waals surface area contributed by atoms with E-state index in [-0.39, 0.29) is 42.2 Å². The molecule has 10 nitrogen and oxygen atoms in total. The van der Waals surface area contributed by atoms with E-state index in [1.165, 1.54) is 19.4 Å². The molecule has 1 aromatic heterocycles. The lowest BCUT2D eigenvalue weighted by Gasteiger charge is -2.34. The number of nitrogens with two attached hydrogens (primary N) is 2. The van der Waals surface area contributed by atoms with E-state index in [9.17, 15) is 18.0 Å². The minimum atomic E-state index is -3.06. The molecule has 0 aliphatic carbocycles. The Morgan fingerprint density at radius 3 is 2.77 bits per heavy atom. The smallest absolute Gasteiger partial charge is 0.418 e. The van der Waals surface area contributed by atoms with Gasteiger partial charge in [0.05, 0.1) is 19.9 Å². The molecule has 1 aliphatic heterocycles. The van der Waals surface area contributed by atoms with Crippen LogP contribution in [0, 0.1) is 5.82 Å². The summed E-state index contributed by atoms with van der Waals surface area (Å²) in [5, 5.41) is 4.98. The largest absolute Gasteiger partial charge is 0.480 e. The van der Waals surface area contributed by atoms with Crippen LogP contribution in [0.15, 0.2) is 29.4 Å². The Bertz CT molecular complexity index is 989. The SMILES string of the molecule is COc1cnc(OC(=O)Nc2ccc(F)c(C3(C(F)F)CNCC(N)=N3)c2)c(N)n1. The van der Waals surface area contributed by atoms with Crippen molar-refractivity contribution < 1.29 is 27.4 Å². The summed E-state index contributed by atoms with van der Waals surface area (Å²) in [6, 6.07) is 3.14. The van der Waals surface area contributed by atoms with Crippen molar-refractivity contribution in [2.45, 2.75) is 12.0 Å². The van der Waals surface area contributed by atoms with Gasteiger partial charge in [-0.25, -0.2) is 22.9 Å². The Kier molecular flexibility index (Phi) is 5.91. The minimum Gasteiger partial charge on any atom is -0.480 e. The maximum Gasteiger partial charge on any atom is 0.418 e. The average molecular weight is 425 g/mol. The number of aliphatic imine (C=N–C) groups is 1. The molecule has 1 unspecified atom stereocenters. The Morgan fingerprint density at radius 2 is 2.13 bits per heavy atom. The maximum atomic E-state index is 14.4. The number of alkyl halides is 2. The second-order valence-corrected chi connectivity index (χ2v) is 6.24. The molecule has 2 heterocycles. The Morgan fingerprint density at radius 1 is 1.37 bits per heavy atom. The van der Waals surface area contributed by atoms with Crippen LogP contribution in [0.3, 0.4) is 0 Å². The number of amides is 1. The van der Waals surface area contributed by atoms with Crippen LogP contribution in [0.25, 0.3) is 0 Å². The molecular weight excluding hydrogens is 407 g/mol. The molecule has 0 radical (unpaired) electrons. The van der Waals surface area contributed by atoms with Crippen LogP contribution in [-0.4, -0.2) is 48.5 Å². The number of hydrogen-bond acceptors (Lipinski definition) is 9. The van der Waals surface area contributed by atoms with Gasteiger partial charge < -0.3 is 26.3 Å². The fraction of sp³-hybridized carbons (Fsp3) is 0.294. The number of rotatable bonds is 5. The predicted octanol–water partition coefficient (Wildman–Crippen LogP) is 1.24. The van der Waals surface area contributed by atoms with Gasteiger partial charge >= 0.3 is 6.09 Å². The average Bonchev–Trinajstić information content (AvgIpc) is 2.70. The summed E-state index contributed by atoms with van der Waals surface area (Å²) in [7, 11) is 1.36. The van der Waals surface area contributed by atoms with Crippen LogP contribution in [0.2, 0.25) is 0 Å². The molecule has 0 spiro atoms. The van der Waals surface area contributed by atoms with E-state index in [0.717, 1.165) is 12.1 Å². The summed E-state index contributed by atoms with van der Waals surface area (Å²) in [4.78, 5) is 23.5. The first-order valence-electron chi connectivity index (χ1n) is 8.53. The van der Waals surface area contributed by atoms with Gasteiger partial charge in [-0.15, -0.1) is 0 Å². The fourth-order valence-electron chi connectivity index (χ4n) is 2.83. The number of amidine groups is 1. The van der Waals surface area contributed by atoms with Crippen molar-refractivity contribution in [3.8, 4) is 11.8 Å². The van der Waals surface area contributed by atoms with Crippen molar-refractivity contribution in [1.82, 2.24) is 15.3 Å². The zero-order valence-electron chi connectivity index (χ0n) is 15.7. The first-order chi connectivity index (χ1) is 14.2. The summed E-state index contributed by atoms with van der Waals surface area (Å²) in [5.41, 5.74) is 8.51. The van der Waals surface area contributed by atoms with Gasteiger partial charge in [0.15, 0.2) is 11.4 Å². The summed E-state index contributed by atoms with van der Waals surface area (Å²) in [5.74, 6) is -1.42. The second-order valence-electron chi connectivity index (χ2n) is 6.24. The van der Waals surface area contributed by atoms with Gasteiger partial charge in [-0.1, -0.05) is 0 Å². The van der Waals surface area contributed by atoms with Crippen LogP contribution in [0.1, 0.15) is 5.56 Å². The Hall–Kier alpha value is -3.61. The Labute approximate surface area is 168 Å². The number of carbonyl (C=O) groups excluding carboxylic acids is 1. The van der Waals surface area contributed by atoms with E-state index >= 15 is 0 Å². The number of anilines is 2. The van der Waals surface area contributed by atoms with Crippen LogP contribution in [0.4, 0.5) is 29.5 Å². The number of nitrogen functional groups attached to an aromatic ring is 1. The van der Waals surface area contributed by atoms with E-state index in [4.69, 9.17) is 20.9 Å². The van der Waals surface area contributed by atoms with E-state index in [1.807, 2.05) is 0 Å². The van der Waals surface area contributed by atoms with E-state index in [0.29, 0.717) is 0 Å². The van der Waals surface area contributed by atoms with Gasteiger partial charge in [0.2, 0.25) is 5.88 Å². The van der Waals surface area contributed by atoms with Crippen LogP contribution in [-0.2, 0) is 5.54 Å². The molecule has 0 saturated carbocycles. The zero-order chi connectivity index (χ0) is 21.9. The highest BCUT2D eigenvalue weighted by molar-refractivity contribution is 5.87. The van der Waals surface area contributed by atoms with Crippen LogP contribution < -0.4 is 31.6 Å². The molecule has 30 heavy (non-hydrogen) atoms. The van der Waals surface area contributed by atoms with Gasteiger partial charge in [0.1, 0.15) is 11.7 Å². The van der Waals surface area contributed by atoms with Crippen molar-refractivity contribution in [3.63, 3.8) is 0 Å². The summed E-state index contributed by atoms with van der Waals surface area (Å²) < 4.78 is 52.0. The minimum absolute atomic E-state index is 0.0178. The fourth-order valence-corrected chi connectivity index (χ4v) is 2.83. The van der Waals surface area contributed by atoms with Gasteiger partial charge in [0.25, 0.3) is 12.3 Å². The third-order valence-electron chi connectivity index (χ3n) is 4.22. The van der Waals surface area contributed by atoms with E-state index in [1.54, 1.807) is 0 Å². The highest BCUT2D eigenvalue weighted by atomic mass is 19.3. The molecule has 0 fully saturated rings. The number of methoxy groups -OCH3 is 1. The van der Waals surface area contributed by atoms with Crippen molar-refractivity contribution in [2.24, 2.45) is 10.7 Å². The number of ether oxygens (including phenoxy) is 2. The number of halogens is 3.